The number of hydrazone groups is 1. The summed E-state index contributed by atoms with van der Waals surface area (Å²) >= 11 is 0. The molecule has 1 amide bonds. The number of nitrogens with two attached hydrogens (primary N) is 1. The maximum absolute atomic E-state index is 13.9. The molecule has 5 rings (SSSR count). The highest BCUT2D eigenvalue weighted by atomic mass is 16.5. The summed E-state index contributed by atoms with van der Waals surface area (Å²) in [6, 6.07) is 14.1. The fourth-order valence-electron chi connectivity index (χ4n) is 5.79. The Kier molecular flexibility index (Phi) is 7.80. The van der Waals surface area contributed by atoms with E-state index in [0.29, 0.717) is 58.5 Å². The number of fused-ring (bicyclic) bond motifs is 3. The summed E-state index contributed by atoms with van der Waals surface area (Å²) in [6.45, 7) is 0.985. The Balaban J connectivity index is 1.72. The van der Waals surface area contributed by atoms with E-state index in [-0.39, 0.29) is 29.9 Å². The van der Waals surface area contributed by atoms with E-state index in [0.717, 1.165) is 5.69 Å². The molecule has 0 spiro atoms. The first kappa shape index (κ1) is 27.9. The van der Waals surface area contributed by atoms with Crippen molar-refractivity contribution in [3.05, 3.63) is 65.2 Å². The number of nitrogens with one attached hydrogen (secondary N) is 1. The Morgan fingerprint density at radius 2 is 1.63 bits per heavy atom. The van der Waals surface area contributed by atoms with Gasteiger partial charge in [0.2, 0.25) is 11.7 Å². The van der Waals surface area contributed by atoms with E-state index < -0.39 is 11.8 Å². The number of nitrogens with zero attached hydrogens (tertiary/aromatic N) is 2. The highest BCUT2D eigenvalue weighted by Gasteiger charge is 2.49. The lowest BCUT2D eigenvalue weighted by Gasteiger charge is -2.38. The lowest BCUT2D eigenvalue weighted by atomic mass is 9.65. The second-order valence-corrected chi connectivity index (χ2v) is 9.84. The molecule has 3 atom stereocenters. The maximum atomic E-state index is 13.9. The van der Waals surface area contributed by atoms with Gasteiger partial charge in [-0.2, -0.15) is 5.10 Å². The average molecular weight is 563 g/mol. The first-order valence-corrected chi connectivity index (χ1v) is 13.2. The highest BCUT2D eigenvalue weighted by molar-refractivity contribution is 6.10. The number of carbonyl (C=O) groups excluding carboxylic acids is 1. The molecule has 0 aromatic heterocycles. The van der Waals surface area contributed by atoms with Crippen LogP contribution in [0.2, 0.25) is 0 Å². The summed E-state index contributed by atoms with van der Waals surface area (Å²) in [5.41, 5.74) is 9.18. The Labute approximate surface area is 238 Å². The summed E-state index contributed by atoms with van der Waals surface area (Å²) in [7, 11) is 6.18. The van der Waals surface area contributed by atoms with E-state index in [1.807, 2.05) is 29.3 Å². The topological polar surface area (TPSA) is 148 Å². The summed E-state index contributed by atoms with van der Waals surface area (Å²) in [5, 5.41) is 30.9. The van der Waals surface area contributed by atoms with E-state index in [1.54, 1.807) is 19.2 Å². The number of rotatable bonds is 9. The Morgan fingerprint density at radius 3 is 2.22 bits per heavy atom. The van der Waals surface area contributed by atoms with E-state index in [4.69, 9.17) is 29.8 Å². The number of anilines is 1. The molecule has 0 radical (unpaired) electrons. The molecule has 3 aromatic rings. The molecule has 2 aliphatic rings. The fourth-order valence-corrected chi connectivity index (χ4v) is 5.79. The summed E-state index contributed by atoms with van der Waals surface area (Å²) in [4.78, 5) is 13.9. The van der Waals surface area contributed by atoms with Crippen molar-refractivity contribution in [3.63, 3.8) is 0 Å². The molecule has 216 valence electrons. The Morgan fingerprint density at radius 1 is 0.976 bits per heavy atom. The zero-order valence-corrected chi connectivity index (χ0v) is 23.4. The van der Waals surface area contributed by atoms with Gasteiger partial charge in [0.25, 0.3) is 0 Å². The van der Waals surface area contributed by atoms with Crippen LogP contribution in [0, 0.1) is 11.8 Å². The molecule has 11 nitrogen and oxygen atoms in total. The quantitative estimate of drug-likeness (QED) is 0.289. The molecule has 1 heterocycles. The normalized spacial score (nSPS) is 19.1. The number of aromatic hydroxyl groups is 2. The van der Waals surface area contributed by atoms with Crippen molar-refractivity contribution < 1.29 is 34.0 Å². The van der Waals surface area contributed by atoms with E-state index >= 15 is 0 Å². The van der Waals surface area contributed by atoms with Crippen molar-refractivity contribution in [1.82, 2.24) is 5.32 Å². The van der Waals surface area contributed by atoms with Crippen molar-refractivity contribution >= 4 is 17.3 Å². The van der Waals surface area contributed by atoms with Gasteiger partial charge in [0.15, 0.2) is 23.0 Å². The standard InChI is InChI=1S/C30H34N4O7/c1-38-18-7-5-17(6-8-18)34-15-21-27(30(37)32-10-9-31)26(16-11-24(39-2)29(41-4)25(12-16)40-3)19-13-22(35)23(36)14-20(19)28(21)33-34/h5-8,11-14,21,26-27,35-36H,9-10,15,31H2,1-4H3,(H,32,37)/t21-,26+,27-/m0/s1. The largest absolute Gasteiger partial charge is 0.504 e. The van der Waals surface area contributed by atoms with Gasteiger partial charge in [0.05, 0.1) is 52.3 Å². The lowest BCUT2D eigenvalue weighted by molar-refractivity contribution is -0.126. The van der Waals surface area contributed by atoms with Crippen LogP contribution < -0.4 is 35.0 Å². The van der Waals surface area contributed by atoms with E-state index in [9.17, 15) is 15.0 Å². The molecule has 0 saturated carbocycles. The van der Waals surface area contributed by atoms with Crippen LogP contribution in [0.25, 0.3) is 0 Å². The van der Waals surface area contributed by atoms with Crippen molar-refractivity contribution in [1.29, 1.82) is 0 Å². The molecular weight excluding hydrogens is 528 g/mol. The van der Waals surface area contributed by atoms with Crippen LogP contribution in [-0.4, -0.2) is 69.9 Å². The maximum Gasteiger partial charge on any atom is 0.224 e. The van der Waals surface area contributed by atoms with Gasteiger partial charge < -0.3 is 40.2 Å². The van der Waals surface area contributed by atoms with Gasteiger partial charge >= 0.3 is 0 Å². The molecule has 0 fully saturated rings. The monoisotopic (exact) mass is 562 g/mol. The second-order valence-electron chi connectivity index (χ2n) is 9.84. The number of methoxy groups -OCH3 is 4. The number of carbonyl (C=O) groups is 1. The molecule has 5 N–H and O–H groups in total. The number of benzene rings is 3. The van der Waals surface area contributed by atoms with Crippen LogP contribution in [0.1, 0.15) is 22.6 Å². The van der Waals surface area contributed by atoms with Gasteiger partial charge in [-0.05, 0) is 59.7 Å². The van der Waals surface area contributed by atoms with Gasteiger partial charge in [-0.25, -0.2) is 0 Å². The average Bonchev–Trinajstić information content (AvgIpc) is 3.44. The van der Waals surface area contributed by atoms with Crippen LogP contribution in [0.3, 0.4) is 0 Å². The third-order valence-electron chi connectivity index (χ3n) is 7.66. The van der Waals surface area contributed by atoms with Crippen LogP contribution in [0.4, 0.5) is 5.69 Å². The molecule has 1 aliphatic heterocycles. The zero-order chi connectivity index (χ0) is 29.3. The second kappa shape index (κ2) is 11.5. The number of hydrogen-bond donors (Lipinski definition) is 4. The number of phenols is 2. The van der Waals surface area contributed by atoms with Crippen molar-refractivity contribution in [2.75, 3.05) is 53.1 Å². The van der Waals surface area contributed by atoms with E-state index in [1.165, 1.54) is 33.5 Å². The minimum Gasteiger partial charge on any atom is -0.504 e. The molecular formula is C30H34N4O7. The predicted molar refractivity (Wildman–Crippen MR) is 154 cm³/mol. The predicted octanol–water partition coefficient (Wildman–Crippen LogP) is 2.81. The van der Waals surface area contributed by atoms with Gasteiger partial charge in [-0.1, -0.05) is 0 Å². The van der Waals surface area contributed by atoms with Crippen LogP contribution in [-0.2, 0) is 4.79 Å². The molecule has 11 heteroatoms. The number of amides is 1. The fraction of sp³-hybridized carbons (Fsp3) is 0.333. The van der Waals surface area contributed by atoms with Crippen LogP contribution >= 0.6 is 0 Å². The number of ether oxygens (including phenoxy) is 4. The molecule has 0 unspecified atom stereocenters. The minimum atomic E-state index is -0.650. The van der Waals surface area contributed by atoms with E-state index in [2.05, 4.69) is 5.32 Å². The molecule has 41 heavy (non-hydrogen) atoms. The summed E-state index contributed by atoms with van der Waals surface area (Å²) in [6.07, 6.45) is 0. The van der Waals surface area contributed by atoms with Gasteiger partial charge in [0, 0.05) is 30.5 Å². The van der Waals surface area contributed by atoms with Gasteiger partial charge in [0.1, 0.15) is 5.75 Å². The Bertz CT molecular complexity index is 1450. The summed E-state index contributed by atoms with van der Waals surface area (Å²) in [5.74, 6) is -0.375. The third kappa shape index (κ3) is 4.93. The highest BCUT2D eigenvalue weighted by Crippen LogP contribution is 2.51. The molecule has 3 aromatic carbocycles. The summed E-state index contributed by atoms with van der Waals surface area (Å²) < 4.78 is 22.1. The zero-order valence-electron chi connectivity index (χ0n) is 23.4. The van der Waals surface area contributed by atoms with Crippen molar-refractivity contribution in [2.24, 2.45) is 22.7 Å². The van der Waals surface area contributed by atoms with Crippen molar-refractivity contribution in [3.8, 4) is 34.5 Å². The van der Waals surface area contributed by atoms with Crippen LogP contribution in [0.15, 0.2) is 53.6 Å². The smallest absolute Gasteiger partial charge is 0.224 e. The number of hydrogen-bond acceptors (Lipinski definition) is 10. The first-order chi connectivity index (χ1) is 19.8. The molecule has 0 bridgehead atoms. The first-order valence-electron chi connectivity index (χ1n) is 13.2. The van der Waals surface area contributed by atoms with Crippen molar-refractivity contribution in [2.45, 2.75) is 5.92 Å². The molecule has 1 aliphatic carbocycles. The van der Waals surface area contributed by atoms with Gasteiger partial charge in [-0.15, -0.1) is 0 Å². The molecule has 0 saturated heterocycles. The number of phenolic OH excluding ortho intramolecular Hbond substituents is 2. The van der Waals surface area contributed by atoms with Gasteiger partial charge in [-0.3, -0.25) is 9.80 Å². The van der Waals surface area contributed by atoms with Crippen LogP contribution in [0.5, 0.6) is 34.5 Å². The Hall–Kier alpha value is -4.64. The minimum absolute atomic E-state index is 0.207. The SMILES string of the molecule is COc1ccc(N2C[C@@H]3C(=N2)c2cc(O)c(O)cc2[C@@H](c2cc(OC)c(OC)c(OC)c2)[C@H]3C(=O)NCCN)cc1. The lowest BCUT2D eigenvalue weighted by Crippen LogP contribution is -2.46. The third-order valence-corrected chi connectivity index (χ3v) is 7.66.